The lowest BCUT2D eigenvalue weighted by atomic mass is 10.2. The molecule has 0 aliphatic rings. The second kappa shape index (κ2) is 8.52. The predicted octanol–water partition coefficient (Wildman–Crippen LogP) is 2.04. The van der Waals surface area contributed by atoms with E-state index >= 15 is 0 Å². The van der Waals surface area contributed by atoms with Crippen LogP contribution in [-0.2, 0) is 11.3 Å². The normalized spacial score (nSPS) is 10.1. The van der Waals surface area contributed by atoms with Crippen molar-refractivity contribution in [1.29, 1.82) is 0 Å². The average molecular weight is 346 g/mol. The second-order valence-electron chi connectivity index (χ2n) is 4.26. The first-order valence-electron chi connectivity index (χ1n) is 6.23. The van der Waals surface area contributed by atoms with Gasteiger partial charge in [0.25, 0.3) is 0 Å². The third-order valence-electron chi connectivity index (χ3n) is 2.61. The fourth-order valence-electron chi connectivity index (χ4n) is 1.58. The van der Waals surface area contributed by atoms with Crippen LogP contribution in [0.4, 0.5) is 9.18 Å². The molecule has 5 nitrogen and oxygen atoms in total. The summed E-state index contributed by atoms with van der Waals surface area (Å²) in [7, 11) is 0. The molecule has 110 valence electrons. The van der Waals surface area contributed by atoms with Crippen LogP contribution >= 0.6 is 15.9 Å². The highest BCUT2D eigenvalue weighted by molar-refractivity contribution is 9.10. The van der Waals surface area contributed by atoms with E-state index in [0.29, 0.717) is 31.4 Å². The lowest BCUT2D eigenvalue weighted by Gasteiger charge is -2.07. The van der Waals surface area contributed by atoms with Crippen LogP contribution in [-0.4, -0.2) is 18.5 Å². The quantitative estimate of drug-likeness (QED) is 0.660. The van der Waals surface area contributed by atoms with Gasteiger partial charge in [0, 0.05) is 29.5 Å². The molecule has 7 heteroatoms. The van der Waals surface area contributed by atoms with E-state index in [2.05, 4.69) is 26.6 Å². The van der Waals surface area contributed by atoms with Gasteiger partial charge in [-0.05, 0) is 31.0 Å². The summed E-state index contributed by atoms with van der Waals surface area (Å²) in [4.78, 5) is 22.0. The summed E-state index contributed by atoms with van der Waals surface area (Å²) in [6.45, 7) is 0.604. The van der Waals surface area contributed by atoms with Gasteiger partial charge in [0.2, 0.25) is 5.91 Å². The SMILES string of the molecule is NC(=O)NCCCCC(=O)NCc1cc(Br)ccc1F. The van der Waals surface area contributed by atoms with Gasteiger partial charge in [-0.2, -0.15) is 0 Å². The molecule has 1 aromatic rings. The van der Waals surface area contributed by atoms with Crippen molar-refractivity contribution in [2.75, 3.05) is 6.54 Å². The number of hydrogen-bond acceptors (Lipinski definition) is 2. The summed E-state index contributed by atoms with van der Waals surface area (Å²) in [5.74, 6) is -0.498. The molecule has 0 heterocycles. The number of benzene rings is 1. The number of nitrogens with two attached hydrogens (primary N) is 1. The number of rotatable bonds is 7. The Labute approximate surface area is 125 Å². The van der Waals surface area contributed by atoms with Crippen LogP contribution in [0.1, 0.15) is 24.8 Å². The highest BCUT2D eigenvalue weighted by Crippen LogP contribution is 2.15. The van der Waals surface area contributed by atoms with Gasteiger partial charge in [-0.3, -0.25) is 4.79 Å². The van der Waals surface area contributed by atoms with Crippen molar-refractivity contribution >= 4 is 27.9 Å². The highest BCUT2D eigenvalue weighted by Gasteiger charge is 2.05. The summed E-state index contributed by atoms with van der Waals surface area (Å²) >= 11 is 3.25. The van der Waals surface area contributed by atoms with Crippen LogP contribution in [0.25, 0.3) is 0 Å². The molecular weight excluding hydrogens is 329 g/mol. The Morgan fingerprint density at radius 2 is 2.00 bits per heavy atom. The van der Waals surface area contributed by atoms with Gasteiger partial charge in [-0.25, -0.2) is 9.18 Å². The second-order valence-corrected chi connectivity index (χ2v) is 5.18. The van der Waals surface area contributed by atoms with Gasteiger partial charge in [0.1, 0.15) is 5.82 Å². The molecule has 0 aromatic heterocycles. The van der Waals surface area contributed by atoms with Crippen molar-refractivity contribution in [2.24, 2.45) is 5.73 Å². The molecule has 3 amide bonds. The monoisotopic (exact) mass is 345 g/mol. The number of carbonyl (C=O) groups is 2. The van der Waals surface area contributed by atoms with Crippen molar-refractivity contribution in [1.82, 2.24) is 10.6 Å². The number of urea groups is 1. The maximum atomic E-state index is 13.4. The minimum Gasteiger partial charge on any atom is -0.352 e. The third kappa shape index (κ3) is 6.51. The number of nitrogens with one attached hydrogen (secondary N) is 2. The Morgan fingerprint density at radius 3 is 2.70 bits per heavy atom. The molecule has 0 saturated carbocycles. The molecule has 0 saturated heterocycles. The zero-order valence-electron chi connectivity index (χ0n) is 10.9. The van der Waals surface area contributed by atoms with Gasteiger partial charge >= 0.3 is 6.03 Å². The van der Waals surface area contributed by atoms with Crippen LogP contribution < -0.4 is 16.4 Å². The molecule has 0 aliphatic heterocycles. The lowest BCUT2D eigenvalue weighted by molar-refractivity contribution is -0.121. The zero-order valence-corrected chi connectivity index (χ0v) is 12.5. The fraction of sp³-hybridized carbons (Fsp3) is 0.385. The van der Waals surface area contributed by atoms with E-state index < -0.39 is 6.03 Å². The van der Waals surface area contributed by atoms with Gasteiger partial charge in [0.05, 0.1) is 0 Å². The van der Waals surface area contributed by atoms with E-state index in [1.807, 2.05) is 0 Å². The Balaban J connectivity index is 2.23. The maximum Gasteiger partial charge on any atom is 0.312 e. The molecule has 0 atom stereocenters. The van der Waals surface area contributed by atoms with E-state index in [9.17, 15) is 14.0 Å². The molecule has 0 radical (unpaired) electrons. The minimum absolute atomic E-state index is 0.150. The maximum absolute atomic E-state index is 13.4. The molecule has 1 aromatic carbocycles. The number of hydrogen-bond donors (Lipinski definition) is 3. The smallest absolute Gasteiger partial charge is 0.312 e. The van der Waals surface area contributed by atoms with E-state index in [0.717, 1.165) is 4.47 Å². The van der Waals surface area contributed by atoms with Crippen molar-refractivity contribution < 1.29 is 14.0 Å². The van der Waals surface area contributed by atoms with Crippen LogP contribution in [0.3, 0.4) is 0 Å². The molecular formula is C13H17BrFN3O2. The zero-order chi connectivity index (χ0) is 15.0. The average Bonchev–Trinajstić information content (AvgIpc) is 2.39. The van der Waals surface area contributed by atoms with Gasteiger partial charge < -0.3 is 16.4 Å². The van der Waals surface area contributed by atoms with Crippen molar-refractivity contribution in [3.63, 3.8) is 0 Å². The standard InChI is InChI=1S/C13H17BrFN3O2/c14-10-4-5-11(15)9(7-10)8-18-12(19)3-1-2-6-17-13(16)20/h4-5,7H,1-3,6,8H2,(H,18,19)(H3,16,17,20). The molecule has 4 N–H and O–H groups in total. The summed E-state index contributed by atoms with van der Waals surface area (Å²) in [6, 6.07) is 4.01. The first-order valence-corrected chi connectivity index (χ1v) is 7.02. The highest BCUT2D eigenvalue weighted by atomic mass is 79.9. The van der Waals surface area contributed by atoms with Gasteiger partial charge in [0.15, 0.2) is 0 Å². The topological polar surface area (TPSA) is 84.2 Å². The molecule has 0 spiro atoms. The van der Waals surface area contributed by atoms with E-state index in [1.54, 1.807) is 12.1 Å². The number of carbonyl (C=O) groups excluding carboxylic acids is 2. The Kier molecular flexibility index (Phi) is 7.00. The summed E-state index contributed by atoms with van der Waals surface area (Å²) in [5, 5.41) is 5.10. The lowest BCUT2D eigenvalue weighted by Crippen LogP contribution is -2.30. The van der Waals surface area contributed by atoms with Crippen molar-refractivity contribution in [3.05, 3.63) is 34.1 Å². The molecule has 0 aliphatic carbocycles. The van der Waals surface area contributed by atoms with Crippen LogP contribution in [0.5, 0.6) is 0 Å². The summed E-state index contributed by atoms with van der Waals surface area (Å²) in [5.41, 5.74) is 5.34. The summed E-state index contributed by atoms with van der Waals surface area (Å²) < 4.78 is 14.2. The van der Waals surface area contributed by atoms with E-state index in [4.69, 9.17) is 5.73 Å². The Hall–Kier alpha value is -1.63. The van der Waals surface area contributed by atoms with Gasteiger partial charge in [-0.15, -0.1) is 0 Å². The van der Waals surface area contributed by atoms with E-state index in [-0.39, 0.29) is 18.3 Å². The first-order chi connectivity index (χ1) is 9.49. The first kappa shape index (κ1) is 16.4. The molecule has 0 unspecified atom stereocenters. The van der Waals surface area contributed by atoms with Gasteiger partial charge in [-0.1, -0.05) is 15.9 Å². The third-order valence-corrected chi connectivity index (χ3v) is 3.11. The van der Waals surface area contributed by atoms with Crippen LogP contribution in [0.15, 0.2) is 22.7 Å². The number of halogens is 2. The van der Waals surface area contributed by atoms with Crippen molar-refractivity contribution in [3.8, 4) is 0 Å². The molecule has 20 heavy (non-hydrogen) atoms. The number of amides is 3. The minimum atomic E-state index is -0.570. The Bertz CT molecular complexity index is 483. The fourth-order valence-corrected chi connectivity index (χ4v) is 1.99. The van der Waals surface area contributed by atoms with Crippen LogP contribution in [0, 0.1) is 5.82 Å². The predicted molar refractivity (Wildman–Crippen MR) is 77.4 cm³/mol. The van der Waals surface area contributed by atoms with E-state index in [1.165, 1.54) is 6.07 Å². The summed E-state index contributed by atoms with van der Waals surface area (Å²) in [6.07, 6.45) is 1.63. The van der Waals surface area contributed by atoms with Crippen molar-refractivity contribution in [2.45, 2.75) is 25.8 Å². The molecule has 1 rings (SSSR count). The number of primary amides is 1. The molecule has 0 fully saturated rings. The Morgan fingerprint density at radius 1 is 1.25 bits per heavy atom. The largest absolute Gasteiger partial charge is 0.352 e. The molecule has 0 bridgehead atoms. The van der Waals surface area contributed by atoms with Crippen LogP contribution in [0.2, 0.25) is 0 Å². The number of unbranched alkanes of at least 4 members (excludes halogenated alkanes) is 1.